The number of ether oxygens (including phenoxy) is 1. The van der Waals surface area contributed by atoms with E-state index >= 15 is 0 Å². The van der Waals surface area contributed by atoms with Crippen molar-refractivity contribution in [1.82, 2.24) is 5.32 Å². The number of hydrogen-bond acceptors (Lipinski definition) is 3. The second-order valence-electron chi connectivity index (χ2n) is 3.73. The molecule has 104 valence electrons. The van der Waals surface area contributed by atoms with E-state index in [9.17, 15) is 18.4 Å². The summed E-state index contributed by atoms with van der Waals surface area (Å²) in [5.74, 6) is -3.83. The van der Waals surface area contributed by atoms with Gasteiger partial charge in [0.15, 0.2) is 18.2 Å². The lowest BCUT2D eigenvalue weighted by Crippen LogP contribution is -2.42. The smallest absolute Gasteiger partial charge is 0.326 e. The Morgan fingerprint density at radius 2 is 2.11 bits per heavy atom. The molecule has 2 N–H and O–H groups in total. The summed E-state index contributed by atoms with van der Waals surface area (Å²) in [5, 5.41) is 10.9. The summed E-state index contributed by atoms with van der Waals surface area (Å²) in [6.07, 6.45) is 0.214. The molecule has 0 aliphatic rings. The SMILES string of the molecule is CC[C@@H](NC(=O)COc1ccc(F)cc1F)C(=O)O. The van der Waals surface area contributed by atoms with Crippen molar-refractivity contribution in [1.29, 1.82) is 0 Å². The minimum absolute atomic E-state index is 0.214. The molecule has 1 rings (SSSR count). The van der Waals surface area contributed by atoms with Crippen LogP contribution in [0.2, 0.25) is 0 Å². The molecule has 0 fully saturated rings. The van der Waals surface area contributed by atoms with Crippen LogP contribution in [0.3, 0.4) is 0 Å². The highest BCUT2D eigenvalue weighted by Gasteiger charge is 2.18. The molecule has 0 spiro atoms. The van der Waals surface area contributed by atoms with Crippen LogP contribution in [0, 0.1) is 11.6 Å². The first-order valence-corrected chi connectivity index (χ1v) is 5.54. The van der Waals surface area contributed by atoms with E-state index < -0.39 is 36.2 Å². The van der Waals surface area contributed by atoms with Gasteiger partial charge in [-0.1, -0.05) is 6.92 Å². The van der Waals surface area contributed by atoms with Crippen molar-refractivity contribution < 1.29 is 28.2 Å². The number of amides is 1. The number of rotatable bonds is 6. The van der Waals surface area contributed by atoms with Crippen molar-refractivity contribution in [2.45, 2.75) is 19.4 Å². The first kappa shape index (κ1) is 14.9. The zero-order valence-electron chi connectivity index (χ0n) is 10.2. The van der Waals surface area contributed by atoms with Gasteiger partial charge >= 0.3 is 5.97 Å². The first-order chi connectivity index (χ1) is 8.93. The highest BCUT2D eigenvalue weighted by Crippen LogP contribution is 2.17. The van der Waals surface area contributed by atoms with Crippen molar-refractivity contribution >= 4 is 11.9 Å². The van der Waals surface area contributed by atoms with Crippen LogP contribution in [0.5, 0.6) is 5.75 Å². The normalized spacial score (nSPS) is 11.7. The number of halogens is 2. The summed E-state index contributed by atoms with van der Waals surface area (Å²) in [6, 6.07) is 1.64. The maximum absolute atomic E-state index is 13.2. The summed E-state index contributed by atoms with van der Waals surface area (Å²) < 4.78 is 30.6. The Hall–Kier alpha value is -2.18. The lowest BCUT2D eigenvalue weighted by atomic mass is 10.2. The maximum atomic E-state index is 13.2. The van der Waals surface area contributed by atoms with Gasteiger partial charge in [0, 0.05) is 6.07 Å². The minimum Gasteiger partial charge on any atom is -0.481 e. The van der Waals surface area contributed by atoms with E-state index in [1.165, 1.54) is 0 Å². The van der Waals surface area contributed by atoms with Crippen molar-refractivity contribution in [3.05, 3.63) is 29.8 Å². The Kier molecular flexibility index (Phi) is 5.23. The fraction of sp³-hybridized carbons (Fsp3) is 0.333. The third kappa shape index (κ3) is 4.53. The Balaban J connectivity index is 2.52. The van der Waals surface area contributed by atoms with Crippen LogP contribution in [0.1, 0.15) is 13.3 Å². The van der Waals surface area contributed by atoms with E-state index in [1.54, 1.807) is 6.92 Å². The molecule has 19 heavy (non-hydrogen) atoms. The summed E-state index contributed by atoms with van der Waals surface area (Å²) in [7, 11) is 0. The molecule has 0 bridgehead atoms. The Labute approximate surface area is 108 Å². The molecular formula is C12H13F2NO4. The molecule has 0 heterocycles. The number of carbonyl (C=O) groups is 2. The molecule has 0 aliphatic carbocycles. The van der Waals surface area contributed by atoms with Gasteiger partial charge in [0.25, 0.3) is 5.91 Å². The lowest BCUT2D eigenvalue weighted by molar-refractivity contribution is -0.142. The Morgan fingerprint density at radius 1 is 1.42 bits per heavy atom. The molecule has 0 saturated carbocycles. The quantitative estimate of drug-likeness (QED) is 0.819. The predicted octanol–water partition coefficient (Wildman–Crippen LogP) is 1.32. The molecular weight excluding hydrogens is 260 g/mol. The topological polar surface area (TPSA) is 75.6 Å². The van der Waals surface area contributed by atoms with Gasteiger partial charge in [0.2, 0.25) is 0 Å². The summed E-state index contributed by atoms with van der Waals surface area (Å²) in [6.45, 7) is 1.05. The van der Waals surface area contributed by atoms with Crippen molar-refractivity contribution in [3.8, 4) is 5.75 Å². The number of nitrogens with one attached hydrogen (secondary N) is 1. The van der Waals surface area contributed by atoms with Crippen LogP contribution >= 0.6 is 0 Å². The van der Waals surface area contributed by atoms with Gasteiger partial charge < -0.3 is 15.2 Å². The second-order valence-corrected chi connectivity index (χ2v) is 3.73. The largest absolute Gasteiger partial charge is 0.481 e. The third-order valence-electron chi connectivity index (χ3n) is 2.29. The second kappa shape index (κ2) is 6.67. The van der Waals surface area contributed by atoms with Gasteiger partial charge in [-0.2, -0.15) is 0 Å². The van der Waals surface area contributed by atoms with Crippen LogP contribution in [0.15, 0.2) is 18.2 Å². The highest BCUT2D eigenvalue weighted by atomic mass is 19.1. The average molecular weight is 273 g/mol. The fourth-order valence-electron chi connectivity index (χ4n) is 1.31. The molecule has 0 radical (unpaired) electrons. The van der Waals surface area contributed by atoms with Crippen molar-refractivity contribution in [2.24, 2.45) is 0 Å². The van der Waals surface area contributed by atoms with Gasteiger partial charge in [0.1, 0.15) is 11.9 Å². The van der Waals surface area contributed by atoms with Gasteiger partial charge in [-0.3, -0.25) is 4.79 Å². The molecule has 7 heteroatoms. The van der Waals surface area contributed by atoms with Gasteiger partial charge in [-0.05, 0) is 18.6 Å². The number of hydrogen-bond donors (Lipinski definition) is 2. The molecule has 1 atom stereocenters. The van der Waals surface area contributed by atoms with E-state index in [0.29, 0.717) is 6.07 Å². The van der Waals surface area contributed by atoms with Gasteiger partial charge in [0.05, 0.1) is 0 Å². The van der Waals surface area contributed by atoms with Crippen LogP contribution in [-0.4, -0.2) is 29.6 Å². The van der Waals surface area contributed by atoms with Crippen LogP contribution in [0.4, 0.5) is 8.78 Å². The number of benzene rings is 1. The number of carboxylic acid groups (broad SMARTS) is 1. The van der Waals surface area contributed by atoms with Crippen molar-refractivity contribution in [3.63, 3.8) is 0 Å². The summed E-state index contributed by atoms with van der Waals surface area (Å²) in [4.78, 5) is 22.0. The van der Waals surface area contributed by atoms with E-state index in [2.05, 4.69) is 5.32 Å². The van der Waals surface area contributed by atoms with Gasteiger partial charge in [-0.15, -0.1) is 0 Å². The number of aliphatic carboxylic acids is 1. The zero-order valence-corrected chi connectivity index (χ0v) is 10.2. The van der Waals surface area contributed by atoms with Crippen LogP contribution in [-0.2, 0) is 9.59 Å². The van der Waals surface area contributed by atoms with E-state index in [-0.39, 0.29) is 12.2 Å². The molecule has 0 unspecified atom stereocenters. The number of carbonyl (C=O) groups excluding carboxylic acids is 1. The maximum Gasteiger partial charge on any atom is 0.326 e. The first-order valence-electron chi connectivity index (χ1n) is 5.54. The van der Waals surface area contributed by atoms with E-state index in [1.807, 2.05) is 0 Å². The molecule has 0 saturated heterocycles. The molecule has 1 amide bonds. The predicted molar refractivity (Wildman–Crippen MR) is 61.7 cm³/mol. The molecule has 5 nitrogen and oxygen atoms in total. The number of carboxylic acids is 1. The summed E-state index contributed by atoms with van der Waals surface area (Å²) >= 11 is 0. The van der Waals surface area contributed by atoms with Crippen LogP contribution < -0.4 is 10.1 Å². The van der Waals surface area contributed by atoms with E-state index in [4.69, 9.17) is 9.84 Å². The van der Waals surface area contributed by atoms with Gasteiger partial charge in [-0.25, -0.2) is 13.6 Å². The fourth-order valence-corrected chi connectivity index (χ4v) is 1.31. The third-order valence-corrected chi connectivity index (χ3v) is 2.29. The Morgan fingerprint density at radius 3 is 2.63 bits per heavy atom. The molecule has 0 aromatic heterocycles. The standard InChI is InChI=1S/C12H13F2NO4/c1-2-9(12(17)18)15-11(16)6-19-10-4-3-7(13)5-8(10)14/h3-5,9H,2,6H2,1H3,(H,15,16)(H,17,18)/t9-/m1/s1. The Bertz CT molecular complexity index is 479. The zero-order chi connectivity index (χ0) is 14.4. The summed E-state index contributed by atoms with van der Waals surface area (Å²) in [5.41, 5.74) is 0. The molecule has 1 aromatic carbocycles. The average Bonchev–Trinajstić information content (AvgIpc) is 2.34. The highest BCUT2D eigenvalue weighted by molar-refractivity contribution is 5.84. The monoisotopic (exact) mass is 273 g/mol. The molecule has 1 aromatic rings. The van der Waals surface area contributed by atoms with Crippen molar-refractivity contribution in [2.75, 3.05) is 6.61 Å². The lowest BCUT2D eigenvalue weighted by Gasteiger charge is -2.12. The van der Waals surface area contributed by atoms with Crippen LogP contribution in [0.25, 0.3) is 0 Å². The minimum atomic E-state index is -1.16. The molecule has 0 aliphatic heterocycles. The van der Waals surface area contributed by atoms with E-state index in [0.717, 1.165) is 12.1 Å².